The molecule has 1 saturated heterocycles. The third-order valence-corrected chi connectivity index (χ3v) is 5.23. The highest BCUT2D eigenvalue weighted by Gasteiger charge is 2.34. The molecule has 1 fully saturated rings. The van der Waals surface area contributed by atoms with Gasteiger partial charge >= 0.3 is 0 Å². The largest absolute Gasteiger partial charge is 0.354 e. The first-order valence-corrected chi connectivity index (χ1v) is 10.5. The normalized spacial score (nSPS) is 15.9. The second-order valence-corrected chi connectivity index (χ2v) is 8.27. The van der Waals surface area contributed by atoms with Gasteiger partial charge in [-0.15, -0.1) is 0 Å². The van der Waals surface area contributed by atoms with Crippen molar-refractivity contribution in [3.05, 3.63) is 64.7 Å². The molecule has 1 atom stereocenters. The molecule has 1 aliphatic rings. The lowest BCUT2D eigenvalue weighted by Gasteiger charge is -2.24. The Hall–Kier alpha value is -2.86. The summed E-state index contributed by atoms with van der Waals surface area (Å²) in [7, 11) is 0. The van der Waals surface area contributed by atoms with Crippen LogP contribution in [0.2, 0.25) is 5.02 Å². The second kappa shape index (κ2) is 9.76. The summed E-state index contributed by atoms with van der Waals surface area (Å²) >= 11 is 5.86. The maximum absolute atomic E-state index is 13.1. The van der Waals surface area contributed by atoms with Crippen molar-refractivity contribution in [2.75, 3.05) is 18.4 Å². The Labute approximate surface area is 181 Å². The van der Waals surface area contributed by atoms with E-state index in [2.05, 4.69) is 10.6 Å². The van der Waals surface area contributed by atoms with Gasteiger partial charge in [0.15, 0.2) is 0 Å². The summed E-state index contributed by atoms with van der Waals surface area (Å²) in [5.41, 5.74) is 1.42. The van der Waals surface area contributed by atoms with Crippen LogP contribution in [0, 0.1) is 5.92 Å². The van der Waals surface area contributed by atoms with Crippen LogP contribution < -0.4 is 10.6 Å². The minimum absolute atomic E-state index is 0.109. The molecule has 0 saturated carbocycles. The Balaban J connectivity index is 1.70. The summed E-state index contributed by atoms with van der Waals surface area (Å²) in [6, 6.07) is 12.9. The highest BCUT2D eigenvalue weighted by atomic mass is 35.5. The Morgan fingerprint density at radius 2 is 1.83 bits per heavy atom. The third kappa shape index (κ3) is 5.39. The van der Waals surface area contributed by atoms with Crippen molar-refractivity contribution < 1.29 is 14.4 Å². The van der Waals surface area contributed by atoms with E-state index in [0.717, 1.165) is 6.42 Å². The highest BCUT2D eigenvalue weighted by Crippen LogP contribution is 2.22. The molecule has 30 heavy (non-hydrogen) atoms. The van der Waals surface area contributed by atoms with Gasteiger partial charge in [0.05, 0.1) is 0 Å². The molecule has 0 aromatic heterocycles. The number of anilines is 1. The quantitative estimate of drug-likeness (QED) is 0.732. The Kier molecular flexibility index (Phi) is 7.11. The van der Waals surface area contributed by atoms with Gasteiger partial charge in [-0.3, -0.25) is 14.4 Å². The number of amides is 3. The number of carbonyl (C=O) groups is 3. The van der Waals surface area contributed by atoms with E-state index in [1.165, 1.54) is 0 Å². The highest BCUT2D eigenvalue weighted by molar-refractivity contribution is 6.30. The van der Waals surface area contributed by atoms with Crippen molar-refractivity contribution >= 4 is 35.0 Å². The second-order valence-electron chi connectivity index (χ2n) is 7.84. The molecule has 1 heterocycles. The zero-order valence-corrected chi connectivity index (χ0v) is 17.9. The van der Waals surface area contributed by atoms with Crippen LogP contribution in [0.3, 0.4) is 0 Å². The summed E-state index contributed by atoms with van der Waals surface area (Å²) in [5.74, 6) is -0.259. The predicted molar refractivity (Wildman–Crippen MR) is 118 cm³/mol. The van der Waals surface area contributed by atoms with E-state index in [4.69, 9.17) is 11.6 Å². The van der Waals surface area contributed by atoms with Crippen molar-refractivity contribution in [3.8, 4) is 0 Å². The minimum Gasteiger partial charge on any atom is -0.354 e. The van der Waals surface area contributed by atoms with Crippen molar-refractivity contribution in [2.24, 2.45) is 5.92 Å². The van der Waals surface area contributed by atoms with Crippen LogP contribution in [-0.2, 0) is 4.79 Å². The van der Waals surface area contributed by atoms with Crippen molar-refractivity contribution in [2.45, 2.75) is 32.7 Å². The summed E-state index contributed by atoms with van der Waals surface area (Å²) in [5, 5.41) is 6.27. The summed E-state index contributed by atoms with van der Waals surface area (Å²) in [4.78, 5) is 39.6. The number of hydrogen-bond acceptors (Lipinski definition) is 3. The first-order valence-electron chi connectivity index (χ1n) is 10.1. The van der Waals surface area contributed by atoms with Gasteiger partial charge in [-0.2, -0.15) is 0 Å². The number of nitrogens with one attached hydrogen (secondary N) is 2. The monoisotopic (exact) mass is 427 g/mol. The molecule has 7 heteroatoms. The van der Waals surface area contributed by atoms with Crippen molar-refractivity contribution in [1.82, 2.24) is 10.2 Å². The zero-order valence-electron chi connectivity index (χ0n) is 17.2. The fraction of sp³-hybridized carbons (Fsp3) is 0.348. The van der Waals surface area contributed by atoms with Crippen LogP contribution in [0.1, 0.15) is 47.4 Å². The van der Waals surface area contributed by atoms with Crippen molar-refractivity contribution in [1.29, 1.82) is 0 Å². The molecule has 6 nitrogen and oxygen atoms in total. The fourth-order valence-electron chi connectivity index (χ4n) is 3.41. The number of hydrogen-bond donors (Lipinski definition) is 2. The lowest BCUT2D eigenvalue weighted by Crippen LogP contribution is -2.46. The molecule has 0 bridgehead atoms. The van der Waals surface area contributed by atoms with E-state index >= 15 is 0 Å². The predicted octanol–water partition coefficient (Wildman–Crippen LogP) is 3.97. The summed E-state index contributed by atoms with van der Waals surface area (Å²) in [6.07, 6.45) is 1.45. The van der Waals surface area contributed by atoms with Crippen LogP contribution in [0.15, 0.2) is 48.5 Å². The maximum atomic E-state index is 13.1. The molecule has 3 amide bonds. The van der Waals surface area contributed by atoms with Gasteiger partial charge < -0.3 is 15.5 Å². The van der Waals surface area contributed by atoms with Gasteiger partial charge in [-0.05, 0) is 61.2 Å². The summed E-state index contributed by atoms with van der Waals surface area (Å²) in [6.45, 7) is 5.19. The Morgan fingerprint density at radius 3 is 2.53 bits per heavy atom. The van der Waals surface area contributed by atoms with Gasteiger partial charge in [0.1, 0.15) is 6.04 Å². The first-order chi connectivity index (χ1) is 14.3. The molecule has 0 radical (unpaired) electrons. The van der Waals surface area contributed by atoms with Gasteiger partial charge in [0, 0.05) is 34.9 Å². The standard InChI is InChI=1S/C23H26ClN3O3/c1-15(2)14-25-22(29)20-7-4-12-27(20)23(30)17-5-3-6-19(13-17)26-21(28)16-8-10-18(24)11-9-16/h3,5-6,8-11,13,15,20H,4,7,12,14H2,1-2H3,(H,25,29)(H,26,28)/t20-/m0/s1. The average molecular weight is 428 g/mol. The lowest BCUT2D eigenvalue weighted by atomic mass is 10.1. The summed E-state index contributed by atoms with van der Waals surface area (Å²) < 4.78 is 0. The van der Waals surface area contributed by atoms with E-state index in [0.29, 0.717) is 47.3 Å². The number of benzene rings is 2. The molecule has 1 aliphatic heterocycles. The molecule has 2 aromatic rings. The maximum Gasteiger partial charge on any atom is 0.255 e. The molecule has 0 aliphatic carbocycles. The van der Waals surface area contributed by atoms with Gasteiger partial charge in [-0.25, -0.2) is 0 Å². The van der Waals surface area contributed by atoms with Gasteiger partial charge in [0.2, 0.25) is 5.91 Å². The average Bonchev–Trinajstić information content (AvgIpc) is 3.22. The SMILES string of the molecule is CC(C)CNC(=O)[C@@H]1CCCN1C(=O)c1cccc(NC(=O)c2ccc(Cl)cc2)c1. The van der Waals surface area contributed by atoms with E-state index in [1.54, 1.807) is 53.4 Å². The van der Waals surface area contributed by atoms with Crippen LogP contribution in [0.25, 0.3) is 0 Å². The van der Waals surface area contributed by atoms with Crippen LogP contribution in [0.4, 0.5) is 5.69 Å². The van der Waals surface area contributed by atoms with E-state index in [-0.39, 0.29) is 17.7 Å². The van der Waals surface area contributed by atoms with E-state index in [1.807, 2.05) is 13.8 Å². The minimum atomic E-state index is -0.455. The molecule has 0 unspecified atom stereocenters. The molecular weight excluding hydrogens is 402 g/mol. The van der Waals surface area contributed by atoms with Crippen LogP contribution in [-0.4, -0.2) is 41.8 Å². The lowest BCUT2D eigenvalue weighted by molar-refractivity contribution is -0.125. The molecule has 2 N–H and O–H groups in total. The Bertz CT molecular complexity index is 928. The third-order valence-electron chi connectivity index (χ3n) is 4.97. The topological polar surface area (TPSA) is 78.5 Å². The smallest absolute Gasteiger partial charge is 0.255 e. The Morgan fingerprint density at radius 1 is 1.10 bits per heavy atom. The molecular formula is C23H26ClN3O3. The van der Waals surface area contributed by atoms with Crippen molar-refractivity contribution in [3.63, 3.8) is 0 Å². The molecule has 3 rings (SSSR count). The fourth-order valence-corrected chi connectivity index (χ4v) is 3.53. The molecule has 2 aromatic carbocycles. The zero-order chi connectivity index (χ0) is 21.7. The van der Waals surface area contributed by atoms with Gasteiger partial charge in [-0.1, -0.05) is 31.5 Å². The number of nitrogens with zero attached hydrogens (tertiary/aromatic N) is 1. The molecule has 0 spiro atoms. The first kappa shape index (κ1) is 21.8. The van der Waals surface area contributed by atoms with E-state index in [9.17, 15) is 14.4 Å². The number of carbonyl (C=O) groups excluding carboxylic acids is 3. The number of likely N-dealkylation sites (tertiary alicyclic amines) is 1. The van der Waals surface area contributed by atoms with Gasteiger partial charge in [0.25, 0.3) is 11.8 Å². The molecule has 158 valence electrons. The number of rotatable bonds is 6. The van der Waals surface area contributed by atoms with Crippen LogP contribution >= 0.6 is 11.6 Å². The van der Waals surface area contributed by atoms with E-state index < -0.39 is 6.04 Å². The number of halogens is 1. The van der Waals surface area contributed by atoms with Crippen LogP contribution in [0.5, 0.6) is 0 Å².